The zero-order chi connectivity index (χ0) is 38.5. The van der Waals surface area contributed by atoms with Crippen LogP contribution in [0.15, 0.2) is 35.9 Å². The van der Waals surface area contributed by atoms with Gasteiger partial charge in [0.1, 0.15) is 40.7 Å². The Kier molecular flexibility index (Phi) is 13.4. The molecule has 1 aromatic carbocycles. The summed E-state index contributed by atoms with van der Waals surface area (Å²) in [7, 11) is 7.83. The lowest BCUT2D eigenvalue weighted by Gasteiger charge is -2.42. The Balaban J connectivity index is 1.74. The number of carbonyl (C=O) groups is 4. The topological polar surface area (TPSA) is 169 Å². The molecule has 3 aliphatic rings. The zero-order valence-electron chi connectivity index (χ0n) is 31.5. The van der Waals surface area contributed by atoms with Gasteiger partial charge in [-0.05, 0) is 64.9 Å². The van der Waals surface area contributed by atoms with Gasteiger partial charge < -0.3 is 43.9 Å². The van der Waals surface area contributed by atoms with Gasteiger partial charge in [-0.15, -0.1) is 0 Å². The van der Waals surface area contributed by atoms with E-state index in [0.29, 0.717) is 30.8 Å². The van der Waals surface area contributed by atoms with Crippen LogP contribution in [0.25, 0.3) is 0 Å². The zero-order valence-corrected chi connectivity index (χ0v) is 32.2. The molecule has 3 heterocycles. The molecule has 52 heavy (non-hydrogen) atoms. The van der Waals surface area contributed by atoms with E-state index in [-0.39, 0.29) is 30.2 Å². The van der Waals surface area contributed by atoms with Crippen LogP contribution >= 0.6 is 11.6 Å². The number of alkyl carbamates (subject to hydrolysis) is 1. The Morgan fingerprint density at radius 1 is 1.27 bits per heavy atom. The van der Waals surface area contributed by atoms with Gasteiger partial charge in [0, 0.05) is 40.0 Å². The SMILES string of the molecule is CNCCCC(=O)N(C)[C@@H](C)C(=O)O[C@H]1CC(=O)N(C)c2cc(cc(OC)c2Cl)C/C(C)=C/C=C/[C@@H](OC)[C@@]2(O)C[C@H](OC(=O)N2)[C@@H](C)[C@@H]2O[C@@]12C. The molecule has 288 valence electrons. The van der Waals surface area contributed by atoms with E-state index in [2.05, 4.69) is 10.6 Å². The monoisotopic (exact) mass is 748 g/mol. The number of likely N-dealkylation sites (N-methyl/N-ethyl adjacent to an activating group) is 1. The van der Waals surface area contributed by atoms with Gasteiger partial charge >= 0.3 is 12.1 Å². The van der Waals surface area contributed by atoms with Gasteiger partial charge in [-0.2, -0.15) is 0 Å². The first-order valence-corrected chi connectivity index (χ1v) is 17.9. The molecular weight excluding hydrogens is 696 g/mol. The van der Waals surface area contributed by atoms with Crippen molar-refractivity contribution in [3.8, 4) is 5.75 Å². The number of hydrogen-bond donors (Lipinski definition) is 3. The van der Waals surface area contributed by atoms with Crippen molar-refractivity contribution >= 4 is 41.2 Å². The number of epoxide rings is 1. The largest absolute Gasteiger partial charge is 0.495 e. The van der Waals surface area contributed by atoms with E-state index in [4.69, 9.17) is 35.3 Å². The molecule has 8 atom stereocenters. The van der Waals surface area contributed by atoms with E-state index in [0.717, 1.165) is 11.1 Å². The summed E-state index contributed by atoms with van der Waals surface area (Å²) in [6.07, 6.45) is 1.82. The van der Waals surface area contributed by atoms with Gasteiger partial charge in [-0.1, -0.05) is 42.3 Å². The minimum absolute atomic E-state index is 0.0465. The molecular formula is C37H53ClN4O10. The first kappa shape index (κ1) is 41.1. The summed E-state index contributed by atoms with van der Waals surface area (Å²) < 4.78 is 29.2. The van der Waals surface area contributed by atoms with Gasteiger partial charge in [0.05, 0.1) is 25.3 Å². The molecule has 0 spiro atoms. The highest BCUT2D eigenvalue weighted by Gasteiger charge is 2.64. The number of ether oxygens (including phenoxy) is 5. The second kappa shape index (κ2) is 17.0. The van der Waals surface area contributed by atoms with Crippen LogP contribution in [-0.2, 0) is 39.8 Å². The fourth-order valence-electron chi connectivity index (χ4n) is 6.81. The van der Waals surface area contributed by atoms with E-state index < -0.39 is 65.7 Å². The van der Waals surface area contributed by atoms with Gasteiger partial charge in [-0.3, -0.25) is 14.9 Å². The van der Waals surface area contributed by atoms with Gasteiger partial charge in [-0.25, -0.2) is 9.59 Å². The number of allylic oxidation sites excluding steroid dienone is 3. The highest BCUT2D eigenvalue weighted by atomic mass is 35.5. The number of hydrogen-bond acceptors (Lipinski definition) is 11. The van der Waals surface area contributed by atoms with Crippen molar-refractivity contribution in [2.75, 3.05) is 46.8 Å². The number of rotatable bonds is 9. The second-order valence-electron chi connectivity index (χ2n) is 14.1. The van der Waals surface area contributed by atoms with Crippen LogP contribution in [0.3, 0.4) is 0 Å². The summed E-state index contributed by atoms with van der Waals surface area (Å²) in [4.78, 5) is 56.2. The molecule has 14 nitrogen and oxygen atoms in total. The fourth-order valence-corrected chi connectivity index (χ4v) is 7.12. The predicted octanol–water partition coefficient (Wildman–Crippen LogP) is 3.51. The number of benzene rings is 1. The van der Waals surface area contributed by atoms with E-state index >= 15 is 0 Å². The highest BCUT2D eigenvalue weighted by molar-refractivity contribution is 6.35. The van der Waals surface area contributed by atoms with Crippen LogP contribution in [0.2, 0.25) is 5.02 Å². The number of halogens is 1. The average molecular weight is 749 g/mol. The highest BCUT2D eigenvalue weighted by Crippen LogP contribution is 2.49. The number of anilines is 1. The molecule has 4 rings (SSSR count). The third-order valence-corrected chi connectivity index (χ3v) is 10.7. The van der Waals surface area contributed by atoms with Gasteiger partial charge in [0.15, 0.2) is 5.72 Å². The predicted molar refractivity (Wildman–Crippen MR) is 194 cm³/mol. The van der Waals surface area contributed by atoms with E-state index in [1.807, 2.05) is 13.0 Å². The van der Waals surface area contributed by atoms with Crippen LogP contribution in [-0.4, -0.2) is 118 Å². The van der Waals surface area contributed by atoms with Crippen LogP contribution < -0.4 is 20.3 Å². The van der Waals surface area contributed by atoms with Crippen molar-refractivity contribution in [3.63, 3.8) is 0 Å². The van der Waals surface area contributed by atoms with E-state index in [9.17, 15) is 24.3 Å². The Morgan fingerprint density at radius 2 is 1.98 bits per heavy atom. The molecule has 15 heteroatoms. The number of methoxy groups -OCH3 is 2. The Morgan fingerprint density at radius 3 is 2.63 bits per heavy atom. The number of esters is 1. The van der Waals surface area contributed by atoms with Crippen molar-refractivity contribution in [1.29, 1.82) is 0 Å². The maximum Gasteiger partial charge on any atom is 0.409 e. The maximum absolute atomic E-state index is 14.1. The number of aliphatic hydroxyl groups is 1. The molecule has 3 N–H and O–H groups in total. The first-order chi connectivity index (χ1) is 24.5. The van der Waals surface area contributed by atoms with Crippen LogP contribution in [0.1, 0.15) is 58.9 Å². The van der Waals surface area contributed by atoms with Crippen molar-refractivity contribution < 1.29 is 48.0 Å². The Hall–Kier alpha value is -3.69. The number of nitrogens with one attached hydrogen (secondary N) is 2. The summed E-state index contributed by atoms with van der Waals surface area (Å²) in [5.41, 5.74) is -0.891. The molecule has 4 bridgehead atoms. The van der Waals surface area contributed by atoms with Gasteiger partial charge in [0.2, 0.25) is 11.8 Å². The lowest BCUT2D eigenvalue weighted by molar-refractivity contribution is -0.162. The molecule has 2 saturated heterocycles. The summed E-state index contributed by atoms with van der Waals surface area (Å²) in [5.74, 6) is -1.52. The molecule has 2 fully saturated rings. The summed E-state index contributed by atoms with van der Waals surface area (Å²) in [6, 6.07) is 2.63. The first-order valence-electron chi connectivity index (χ1n) is 17.5. The Bertz CT molecular complexity index is 1570. The fraction of sp³-hybridized carbons (Fsp3) is 0.622. The molecule has 1 aromatic rings. The van der Waals surface area contributed by atoms with Crippen molar-refractivity contribution in [3.05, 3.63) is 46.5 Å². The number of nitrogens with zero attached hydrogens (tertiary/aromatic N) is 2. The molecule has 0 radical (unpaired) electrons. The minimum atomic E-state index is -1.82. The Labute approximate surface area is 310 Å². The van der Waals surface area contributed by atoms with E-state index in [1.54, 1.807) is 59.2 Å². The average Bonchev–Trinajstić information content (AvgIpc) is 3.80. The van der Waals surface area contributed by atoms with Crippen LogP contribution in [0.4, 0.5) is 10.5 Å². The molecule has 0 unspecified atom stereocenters. The quantitative estimate of drug-likeness (QED) is 0.192. The van der Waals surface area contributed by atoms with Gasteiger partial charge in [0.25, 0.3) is 0 Å². The van der Waals surface area contributed by atoms with Crippen LogP contribution in [0.5, 0.6) is 5.75 Å². The molecule has 3 amide bonds. The van der Waals surface area contributed by atoms with Crippen molar-refractivity contribution in [1.82, 2.24) is 15.5 Å². The standard InChI is InChI=1S/C37H53ClN4O10/c1-21-12-10-13-28(49-9)37(47)20-27(50-35(46)40-37)22(2)33-36(4,52-33)29(51-34(45)23(3)41(6)30(43)14-11-15-39-5)19-31(44)42(7)25-17-24(16-21)18-26(48-8)32(25)38/h10,12-13,17-18,22-23,27-29,33,39,47H,11,14-16,19-20H2,1-9H3,(H,40,46)/b13-10+,21-12+/t22-,23+,27+,28-,29+,33+,36+,37+/m1/s1. The lowest BCUT2D eigenvalue weighted by atomic mass is 9.83. The molecule has 0 aromatic heterocycles. The lowest BCUT2D eigenvalue weighted by Crippen LogP contribution is -2.63. The number of fused-ring (bicyclic) bond motifs is 5. The smallest absolute Gasteiger partial charge is 0.409 e. The van der Waals surface area contributed by atoms with Crippen molar-refractivity contribution in [2.45, 2.75) is 102 Å². The third kappa shape index (κ3) is 9.08. The third-order valence-electron chi connectivity index (χ3n) is 10.3. The summed E-state index contributed by atoms with van der Waals surface area (Å²) >= 11 is 6.75. The van der Waals surface area contributed by atoms with E-state index in [1.165, 1.54) is 31.1 Å². The van der Waals surface area contributed by atoms with Crippen molar-refractivity contribution in [2.24, 2.45) is 5.92 Å². The molecule has 3 aliphatic heterocycles. The maximum atomic E-state index is 14.1. The minimum Gasteiger partial charge on any atom is -0.495 e. The number of carbonyl (C=O) groups excluding carboxylic acids is 4. The number of amides is 3. The molecule has 0 aliphatic carbocycles. The normalized spacial score (nSPS) is 31.6. The molecule has 0 saturated carbocycles. The second-order valence-corrected chi connectivity index (χ2v) is 14.5. The summed E-state index contributed by atoms with van der Waals surface area (Å²) in [6.45, 7) is 7.66. The summed E-state index contributed by atoms with van der Waals surface area (Å²) in [5, 5.41) is 17.5. The van der Waals surface area contributed by atoms with Crippen LogP contribution in [0, 0.1) is 5.92 Å².